The maximum absolute atomic E-state index is 12.5. The van der Waals surface area contributed by atoms with Gasteiger partial charge >= 0.3 is 0 Å². The first-order valence-electron chi connectivity index (χ1n) is 9.63. The molecule has 1 atom stereocenters. The van der Waals surface area contributed by atoms with E-state index >= 15 is 0 Å². The molecule has 154 valence electrons. The number of sulfonamides is 1. The third-order valence-corrected chi connectivity index (χ3v) is 6.97. The summed E-state index contributed by atoms with van der Waals surface area (Å²) in [6.07, 6.45) is 5.83. The summed E-state index contributed by atoms with van der Waals surface area (Å²) in [7, 11) is -2.06. The molecule has 1 saturated carbocycles. The minimum Gasteiger partial charge on any atom is -0.493 e. The molecule has 7 nitrogen and oxygen atoms in total. The average molecular weight is 416 g/mol. The number of aryl methyl sites for hydroxylation is 1. The van der Waals surface area contributed by atoms with E-state index in [0.717, 1.165) is 34.9 Å². The van der Waals surface area contributed by atoms with Crippen LogP contribution in [0.2, 0.25) is 0 Å². The molecule has 1 aliphatic carbocycles. The highest BCUT2D eigenvalue weighted by atomic mass is 32.2. The molecule has 4 rings (SSSR count). The van der Waals surface area contributed by atoms with Gasteiger partial charge in [-0.1, -0.05) is 6.07 Å². The lowest BCUT2D eigenvalue weighted by Crippen LogP contribution is -2.20. The smallest absolute Gasteiger partial charge is 0.274 e. The molecule has 3 N–H and O–H groups in total. The van der Waals surface area contributed by atoms with E-state index in [9.17, 15) is 13.2 Å². The molecule has 0 radical (unpaired) electrons. The molecule has 0 spiro atoms. The van der Waals surface area contributed by atoms with Crippen molar-refractivity contribution in [1.29, 1.82) is 0 Å². The van der Waals surface area contributed by atoms with E-state index in [1.807, 2.05) is 19.1 Å². The van der Waals surface area contributed by atoms with Gasteiger partial charge in [0.05, 0.1) is 11.9 Å². The third-order valence-electron chi connectivity index (χ3n) is 5.73. The van der Waals surface area contributed by atoms with Crippen LogP contribution in [-0.4, -0.2) is 24.6 Å². The largest absolute Gasteiger partial charge is 0.493 e. The van der Waals surface area contributed by atoms with Gasteiger partial charge in [-0.25, -0.2) is 13.6 Å². The Balaban J connectivity index is 1.98. The van der Waals surface area contributed by atoms with Crippen molar-refractivity contribution in [3.63, 3.8) is 0 Å². The van der Waals surface area contributed by atoms with Gasteiger partial charge < -0.3 is 14.3 Å². The third kappa shape index (κ3) is 3.58. The van der Waals surface area contributed by atoms with E-state index in [-0.39, 0.29) is 5.56 Å². The Morgan fingerprint density at radius 2 is 2.03 bits per heavy atom. The molecule has 0 aliphatic heterocycles. The predicted molar refractivity (Wildman–Crippen MR) is 113 cm³/mol. The minimum absolute atomic E-state index is 0.124. The zero-order valence-corrected chi connectivity index (χ0v) is 17.5. The Morgan fingerprint density at radius 3 is 2.69 bits per heavy atom. The van der Waals surface area contributed by atoms with Crippen LogP contribution in [0.4, 0.5) is 0 Å². The van der Waals surface area contributed by atoms with E-state index in [1.54, 1.807) is 32.4 Å². The van der Waals surface area contributed by atoms with Crippen molar-refractivity contribution in [2.45, 2.75) is 31.9 Å². The number of rotatable bonds is 6. The molecule has 8 heteroatoms. The number of hydrogen-bond donors (Lipinski definition) is 2. The van der Waals surface area contributed by atoms with Crippen molar-refractivity contribution in [2.24, 2.45) is 18.1 Å². The molecule has 0 bridgehead atoms. The van der Waals surface area contributed by atoms with Crippen molar-refractivity contribution in [3.8, 4) is 16.9 Å². The van der Waals surface area contributed by atoms with Crippen LogP contribution in [0.5, 0.6) is 5.75 Å². The van der Waals surface area contributed by atoms with Crippen molar-refractivity contribution in [3.05, 3.63) is 52.1 Å². The van der Waals surface area contributed by atoms with Gasteiger partial charge in [-0.3, -0.25) is 4.79 Å². The number of nitrogens with one attached hydrogen (secondary N) is 1. The van der Waals surface area contributed by atoms with Gasteiger partial charge in [0.25, 0.3) is 5.56 Å². The van der Waals surface area contributed by atoms with Crippen LogP contribution in [-0.2, 0) is 17.1 Å². The van der Waals surface area contributed by atoms with Gasteiger partial charge in [-0.2, -0.15) is 0 Å². The van der Waals surface area contributed by atoms with Gasteiger partial charge in [0.2, 0.25) is 10.0 Å². The second-order valence-electron chi connectivity index (χ2n) is 7.86. The number of fused-ring (bicyclic) bond motifs is 1. The first kappa shape index (κ1) is 19.7. The van der Waals surface area contributed by atoms with Crippen LogP contribution < -0.4 is 15.4 Å². The second-order valence-corrected chi connectivity index (χ2v) is 9.75. The summed E-state index contributed by atoms with van der Waals surface area (Å²) in [6, 6.07) is 5.43. The van der Waals surface area contributed by atoms with Gasteiger partial charge in [-0.05, 0) is 55.9 Å². The topological polar surface area (TPSA) is 107 Å². The summed E-state index contributed by atoms with van der Waals surface area (Å²) in [5, 5.41) is 5.34. The summed E-state index contributed by atoms with van der Waals surface area (Å²) in [5.74, 6) is 1.25. The van der Waals surface area contributed by atoms with E-state index in [0.29, 0.717) is 29.4 Å². The molecule has 2 aromatic heterocycles. The molecule has 3 aromatic rings. The minimum atomic E-state index is -3.75. The van der Waals surface area contributed by atoms with E-state index in [1.165, 1.54) is 4.57 Å². The number of benzene rings is 1. The molecule has 0 amide bonds. The number of primary sulfonamides is 1. The Morgan fingerprint density at radius 1 is 1.31 bits per heavy atom. The number of hydrogen-bond acceptors (Lipinski definition) is 4. The Kier molecular flexibility index (Phi) is 4.78. The first-order valence-corrected chi connectivity index (χ1v) is 11.2. The molecule has 0 saturated heterocycles. The van der Waals surface area contributed by atoms with Crippen LogP contribution in [0.15, 0.2) is 35.4 Å². The van der Waals surface area contributed by atoms with Crippen molar-refractivity contribution in [1.82, 2.24) is 9.55 Å². The monoisotopic (exact) mass is 415 g/mol. The van der Waals surface area contributed by atoms with Crippen LogP contribution in [0.3, 0.4) is 0 Å². The van der Waals surface area contributed by atoms with Gasteiger partial charge in [0, 0.05) is 36.0 Å². The number of ether oxygens (including phenoxy) is 1. The summed E-state index contributed by atoms with van der Waals surface area (Å²) in [5.41, 5.74) is 3.39. The Labute approximate surface area is 169 Å². The maximum Gasteiger partial charge on any atom is 0.274 e. The predicted octanol–water partition coefficient (Wildman–Crippen LogP) is 2.98. The number of pyridine rings is 1. The number of aromatic amines is 1. The van der Waals surface area contributed by atoms with Gasteiger partial charge in [0.15, 0.2) is 0 Å². The molecule has 1 fully saturated rings. The van der Waals surface area contributed by atoms with Gasteiger partial charge in [0.1, 0.15) is 11.3 Å². The Bertz CT molecular complexity index is 1250. The van der Waals surface area contributed by atoms with Crippen LogP contribution in [0.25, 0.3) is 22.0 Å². The molecule has 1 aromatic carbocycles. The molecular weight excluding hydrogens is 390 g/mol. The highest BCUT2D eigenvalue weighted by Crippen LogP contribution is 2.41. The fourth-order valence-corrected chi connectivity index (χ4v) is 4.34. The normalized spacial score (nSPS) is 15.6. The van der Waals surface area contributed by atoms with E-state index < -0.39 is 15.3 Å². The Hall–Kier alpha value is -2.58. The van der Waals surface area contributed by atoms with Crippen LogP contribution in [0, 0.1) is 12.8 Å². The van der Waals surface area contributed by atoms with Crippen molar-refractivity contribution >= 4 is 20.9 Å². The lowest BCUT2D eigenvalue weighted by molar-refractivity contribution is 0.301. The van der Waals surface area contributed by atoms with Crippen LogP contribution in [0.1, 0.15) is 36.1 Å². The van der Waals surface area contributed by atoms with E-state index in [4.69, 9.17) is 9.88 Å². The maximum atomic E-state index is 12.5. The molecule has 29 heavy (non-hydrogen) atoms. The highest BCUT2D eigenvalue weighted by Gasteiger charge is 2.26. The zero-order valence-electron chi connectivity index (χ0n) is 16.7. The van der Waals surface area contributed by atoms with Crippen molar-refractivity contribution in [2.75, 3.05) is 6.61 Å². The van der Waals surface area contributed by atoms with E-state index in [2.05, 4.69) is 4.98 Å². The SMILES string of the molecule is Cc1c(C(C)S(N)(=O)=O)ccc(OCC2CC2)c1-c1cn(C)c(=O)c2[nH]ccc12. The fourth-order valence-electron chi connectivity index (χ4n) is 3.74. The summed E-state index contributed by atoms with van der Waals surface area (Å²) >= 11 is 0. The zero-order chi connectivity index (χ0) is 20.9. The first-order chi connectivity index (χ1) is 13.7. The van der Waals surface area contributed by atoms with Gasteiger partial charge in [-0.15, -0.1) is 0 Å². The summed E-state index contributed by atoms with van der Waals surface area (Å²) < 4.78 is 31.7. The number of nitrogens with two attached hydrogens (primary N) is 1. The summed E-state index contributed by atoms with van der Waals surface area (Å²) in [6.45, 7) is 4.08. The average Bonchev–Trinajstić information content (AvgIpc) is 3.36. The van der Waals surface area contributed by atoms with Crippen LogP contribution >= 0.6 is 0 Å². The number of H-pyrrole nitrogens is 1. The standard InChI is InChI=1S/C21H25N3O4S/c1-12-15(13(2)29(22,26)27)6-7-18(28-11-14-4-5-14)19(12)17-10-24(3)21(25)20-16(17)8-9-23-20/h6-10,13-14,23H,4-5,11H2,1-3H3,(H2,22,26,27). The number of nitrogens with zero attached hydrogens (tertiary/aromatic N) is 1. The lowest BCUT2D eigenvalue weighted by Gasteiger charge is -2.21. The van der Waals surface area contributed by atoms with Crippen molar-refractivity contribution < 1.29 is 13.2 Å². The highest BCUT2D eigenvalue weighted by molar-refractivity contribution is 7.89. The number of aromatic nitrogens is 2. The molecule has 1 unspecified atom stereocenters. The molecule has 2 heterocycles. The quantitative estimate of drug-likeness (QED) is 0.645. The lowest BCUT2D eigenvalue weighted by atomic mass is 9.93. The second kappa shape index (κ2) is 7.03. The molecular formula is C21H25N3O4S. The summed E-state index contributed by atoms with van der Waals surface area (Å²) in [4.78, 5) is 15.5. The molecule has 1 aliphatic rings. The fraction of sp³-hybridized carbons (Fsp3) is 0.381.